The van der Waals surface area contributed by atoms with Gasteiger partial charge in [0.15, 0.2) is 11.9 Å². The normalized spacial score (nSPS) is 9.20. The maximum atomic E-state index is 10.8. The van der Waals surface area contributed by atoms with E-state index in [2.05, 4.69) is 0 Å². The van der Waals surface area contributed by atoms with E-state index >= 15 is 0 Å². The maximum Gasteiger partial charge on any atom is 0.199 e. The number of hydrogen-bond donors (Lipinski definition) is 0. The van der Waals surface area contributed by atoms with E-state index < -0.39 is 0 Å². The molecule has 1 aromatic heterocycles. The molecule has 1 heterocycles. The van der Waals surface area contributed by atoms with Crippen molar-refractivity contribution in [2.24, 2.45) is 0 Å². The smallest absolute Gasteiger partial charge is 0.199 e. The quantitative estimate of drug-likeness (QED) is 0.328. The Morgan fingerprint density at radius 1 is 1.60 bits per heavy atom. The molecule has 10 heavy (non-hydrogen) atoms. The summed E-state index contributed by atoms with van der Waals surface area (Å²) in [6.45, 7) is 0. The Hall–Kier alpha value is -1.38. The highest BCUT2D eigenvalue weighted by atomic mass is 16.5. The predicted octanol–water partition coefficient (Wildman–Crippen LogP) is 0.0614. The molecular weight excluding hydrogens is 130 g/mol. The van der Waals surface area contributed by atoms with Gasteiger partial charge in [0.05, 0.1) is 6.42 Å². The monoisotopic (exact) mass is 137 g/mol. The Balaban J connectivity index is 2.91. The van der Waals surface area contributed by atoms with Gasteiger partial charge in [-0.2, -0.15) is 4.73 Å². The predicted molar refractivity (Wildman–Crippen MR) is 35.2 cm³/mol. The van der Waals surface area contributed by atoms with E-state index in [1.165, 1.54) is 6.20 Å². The summed E-state index contributed by atoms with van der Waals surface area (Å²) >= 11 is 0. The highest BCUT2D eigenvalue weighted by Crippen LogP contribution is 1.88. The molecule has 0 saturated heterocycles. The van der Waals surface area contributed by atoms with Crippen LogP contribution in [0.4, 0.5) is 0 Å². The molecule has 1 aromatic rings. The van der Waals surface area contributed by atoms with Crippen LogP contribution in [0.15, 0.2) is 24.4 Å². The van der Waals surface area contributed by atoms with Gasteiger partial charge in [-0.25, -0.2) is 0 Å². The molecule has 0 aliphatic rings. The molecule has 0 radical (unpaired) electrons. The van der Waals surface area contributed by atoms with Crippen LogP contribution >= 0.6 is 0 Å². The second-order valence-corrected chi connectivity index (χ2v) is 1.89. The molecule has 0 bridgehead atoms. The Morgan fingerprint density at radius 3 is 3.00 bits per heavy atom. The summed E-state index contributed by atoms with van der Waals surface area (Å²) in [7, 11) is 0. The zero-order chi connectivity index (χ0) is 7.40. The van der Waals surface area contributed by atoms with Crippen LogP contribution in [0.3, 0.4) is 0 Å². The molecule has 0 unspecified atom stereocenters. The molecule has 3 heteroatoms. The van der Waals surface area contributed by atoms with Gasteiger partial charge in [-0.15, -0.1) is 0 Å². The van der Waals surface area contributed by atoms with Crippen LogP contribution in [0.25, 0.3) is 0 Å². The van der Waals surface area contributed by atoms with Crippen LogP contribution in [0.5, 0.6) is 0 Å². The lowest BCUT2D eigenvalue weighted by atomic mass is 10.3. The van der Waals surface area contributed by atoms with Crippen LogP contribution in [0.1, 0.15) is 5.69 Å². The first-order valence-electron chi connectivity index (χ1n) is 2.95. The van der Waals surface area contributed by atoms with Crippen molar-refractivity contribution in [1.82, 2.24) is 0 Å². The molecule has 1 rings (SSSR count). The van der Waals surface area contributed by atoms with Crippen LogP contribution in [-0.2, 0) is 11.2 Å². The topological polar surface area (TPSA) is 44.0 Å². The number of carbonyl (C=O) groups excluding carboxylic acids is 1. The molecule has 0 N–H and O–H groups in total. The number of rotatable bonds is 2. The van der Waals surface area contributed by atoms with Crippen molar-refractivity contribution in [3.63, 3.8) is 0 Å². The fourth-order valence-corrected chi connectivity index (χ4v) is 0.707. The average molecular weight is 137 g/mol. The minimum Gasteiger partial charge on any atom is -0.618 e. The third kappa shape index (κ3) is 1.31. The Kier molecular flexibility index (Phi) is 1.99. The largest absolute Gasteiger partial charge is 0.618 e. The van der Waals surface area contributed by atoms with E-state index in [4.69, 9.17) is 0 Å². The third-order valence-corrected chi connectivity index (χ3v) is 1.20. The zero-order valence-electron chi connectivity index (χ0n) is 5.36. The van der Waals surface area contributed by atoms with Gasteiger partial charge < -0.3 is 10.0 Å². The van der Waals surface area contributed by atoms with Gasteiger partial charge >= 0.3 is 0 Å². The van der Waals surface area contributed by atoms with Gasteiger partial charge in [-0.05, 0) is 6.07 Å². The van der Waals surface area contributed by atoms with E-state index in [1.54, 1.807) is 18.2 Å². The van der Waals surface area contributed by atoms with Crippen LogP contribution in [0.2, 0.25) is 0 Å². The van der Waals surface area contributed by atoms with Crippen LogP contribution < -0.4 is 4.73 Å². The first kappa shape index (κ1) is 6.74. The summed E-state index contributed by atoms with van der Waals surface area (Å²) in [5, 5.41) is 10.8. The Bertz CT molecular complexity index is 235. The zero-order valence-corrected chi connectivity index (χ0v) is 5.36. The number of aromatic nitrogens is 1. The fraction of sp³-hybridized carbons (Fsp3) is 0.143. The maximum absolute atomic E-state index is 10.8. The second kappa shape index (κ2) is 2.96. The number of hydrogen-bond acceptors (Lipinski definition) is 2. The minimum absolute atomic E-state index is 0.185. The summed E-state index contributed by atoms with van der Waals surface area (Å²) < 4.78 is 0.689. The van der Waals surface area contributed by atoms with Crippen molar-refractivity contribution in [1.29, 1.82) is 0 Å². The summed E-state index contributed by atoms with van der Waals surface area (Å²) in [6.07, 6.45) is 2.27. The molecule has 0 amide bonds. The van der Waals surface area contributed by atoms with Crippen molar-refractivity contribution in [3.8, 4) is 0 Å². The van der Waals surface area contributed by atoms with E-state index in [0.29, 0.717) is 16.7 Å². The van der Waals surface area contributed by atoms with E-state index in [1.807, 2.05) is 0 Å². The van der Waals surface area contributed by atoms with Gasteiger partial charge in [0.2, 0.25) is 0 Å². The van der Waals surface area contributed by atoms with Crippen molar-refractivity contribution < 1.29 is 9.52 Å². The molecule has 3 nitrogen and oxygen atoms in total. The minimum atomic E-state index is 0.185. The molecule has 0 saturated carbocycles. The highest BCUT2D eigenvalue weighted by Gasteiger charge is 1.99. The summed E-state index contributed by atoms with van der Waals surface area (Å²) in [5.41, 5.74) is 0.484. The van der Waals surface area contributed by atoms with E-state index in [9.17, 15) is 10.0 Å². The summed E-state index contributed by atoms with van der Waals surface area (Å²) in [4.78, 5) is 9.97. The molecule has 0 spiro atoms. The first-order chi connectivity index (χ1) is 4.84. The number of pyridine rings is 1. The summed E-state index contributed by atoms with van der Waals surface area (Å²) in [6, 6.07) is 4.98. The first-order valence-corrected chi connectivity index (χ1v) is 2.95. The SMILES string of the molecule is O=CCc1cccc[n+]1[O-]. The molecule has 0 aliphatic heterocycles. The number of nitrogens with zero attached hydrogens (tertiary/aromatic N) is 1. The van der Waals surface area contributed by atoms with Crippen molar-refractivity contribution in [2.45, 2.75) is 6.42 Å². The number of carbonyl (C=O) groups is 1. The molecule has 0 fully saturated rings. The lowest BCUT2D eigenvalue weighted by molar-refractivity contribution is -0.613. The van der Waals surface area contributed by atoms with Crippen molar-refractivity contribution >= 4 is 6.29 Å². The lowest BCUT2D eigenvalue weighted by Crippen LogP contribution is -2.30. The molecular formula is C7H7NO2. The van der Waals surface area contributed by atoms with Crippen LogP contribution in [-0.4, -0.2) is 6.29 Å². The average Bonchev–Trinajstić information content (AvgIpc) is 1.94. The Morgan fingerprint density at radius 2 is 2.40 bits per heavy atom. The third-order valence-electron chi connectivity index (χ3n) is 1.20. The van der Waals surface area contributed by atoms with E-state index in [-0.39, 0.29) is 6.42 Å². The van der Waals surface area contributed by atoms with E-state index in [0.717, 1.165) is 0 Å². The van der Waals surface area contributed by atoms with Crippen molar-refractivity contribution in [3.05, 3.63) is 35.3 Å². The standard InChI is InChI=1S/C7H7NO2/c9-6-4-7-3-1-2-5-8(7)10/h1-3,5-6H,4H2. The highest BCUT2D eigenvalue weighted by molar-refractivity contribution is 5.52. The molecule has 0 aromatic carbocycles. The van der Waals surface area contributed by atoms with Crippen LogP contribution in [0, 0.1) is 5.21 Å². The van der Waals surface area contributed by atoms with Gasteiger partial charge in [0, 0.05) is 12.1 Å². The number of aldehydes is 1. The molecule has 52 valence electrons. The second-order valence-electron chi connectivity index (χ2n) is 1.89. The van der Waals surface area contributed by atoms with Gasteiger partial charge in [-0.3, -0.25) is 0 Å². The fourth-order valence-electron chi connectivity index (χ4n) is 0.707. The molecule has 0 atom stereocenters. The molecule has 0 aliphatic carbocycles. The lowest BCUT2D eigenvalue weighted by Gasteiger charge is -1.98. The summed E-state index contributed by atoms with van der Waals surface area (Å²) in [5.74, 6) is 0. The van der Waals surface area contributed by atoms with Gasteiger partial charge in [0.25, 0.3) is 0 Å². The van der Waals surface area contributed by atoms with Gasteiger partial charge in [-0.1, -0.05) is 0 Å². The Labute approximate surface area is 58.5 Å². The van der Waals surface area contributed by atoms with Crippen molar-refractivity contribution in [2.75, 3.05) is 0 Å². The van der Waals surface area contributed by atoms with Gasteiger partial charge in [0.1, 0.15) is 6.29 Å².